The summed E-state index contributed by atoms with van der Waals surface area (Å²) in [4.78, 5) is 39.3. The lowest BCUT2D eigenvalue weighted by molar-refractivity contribution is -0.141. The van der Waals surface area contributed by atoms with E-state index in [4.69, 9.17) is 19.2 Å². The average molecular weight is 508 g/mol. The zero-order valence-corrected chi connectivity index (χ0v) is 21.3. The van der Waals surface area contributed by atoms with Crippen LogP contribution in [0.2, 0.25) is 0 Å². The summed E-state index contributed by atoms with van der Waals surface area (Å²) >= 11 is 0. The van der Waals surface area contributed by atoms with Crippen molar-refractivity contribution >= 4 is 29.1 Å². The number of carbonyl (C=O) groups is 2. The molecule has 1 aliphatic carbocycles. The Kier molecular flexibility index (Phi) is 6.24. The van der Waals surface area contributed by atoms with Crippen LogP contribution in [-0.2, 0) is 9.47 Å². The lowest BCUT2D eigenvalue weighted by Gasteiger charge is -2.35. The first-order valence-electron chi connectivity index (χ1n) is 13.1. The normalized spacial score (nSPS) is 23.6. The number of ketones is 1. The molecule has 37 heavy (non-hydrogen) atoms. The first-order valence-corrected chi connectivity index (χ1v) is 13.1. The van der Waals surface area contributed by atoms with Crippen LogP contribution < -0.4 is 19.9 Å². The summed E-state index contributed by atoms with van der Waals surface area (Å²) in [5.74, 6) is 1.61. The SMILES string of the molecule is CC1(C)OC[C@H](COc2ccnc(NC(=O)N3c4nc(C(=O)CCC5CC5)ccc4N4CC[C@H]3C4)c2)O1. The summed E-state index contributed by atoms with van der Waals surface area (Å²) in [6, 6.07) is 6.82. The third kappa shape index (κ3) is 5.26. The maximum absolute atomic E-state index is 13.5. The first-order chi connectivity index (χ1) is 17.8. The molecule has 2 amide bonds. The predicted molar refractivity (Wildman–Crippen MR) is 137 cm³/mol. The number of urea groups is 1. The van der Waals surface area contributed by atoms with Crippen molar-refractivity contribution in [1.82, 2.24) is 9.97 Å². The number of hydrogen-bond acceptors (Lipinski definition) is 8. The smallest absolute Gasteiger partial charge is 0.329 e. The molecule has 6 rings (SSSR count). The summed E-state index contributed by atoms with van der Waals surface area (Å²) in [6.45, 7) is 6.14. The Morgan fingerprint density at radius 3 is 2.86 bits per heavy atom. The molecule has 1 N–H and O–H groups in total. The number of ether oxygens (including phenoxy) is 3. The molecule has 2 bridgehead atoms. The van der Waals surface area contributed by atoms with Crippen LogP contribution in [0, 0.1) is 5.92 Å². The van der Waals surface area contributed by atoms with Gasteiger partial charge >= 0.3 is 6.03 Å². The van der Waals surface area contributed by atoms with Gasteiger partial charge in [0, 0.05) is 31.8 Å². The summed E-state index contributed by atoms with van der Waals surface area (Å²) in [5, 5.41) is 2.91. The number of nitrogens with one attached hydrogen (secondary N) is 1. The zero-order valence-electron chi connectivity index (χ0n) is 21.3. The van der Waals surface area contributed by atoms with E-state index in [1.165, 1.54) is 12.8 Å². The molecule has 3 fully saturated rings. The Bertz CT molecular complexity index is 1200. The second-order valence-electron chi connectivity index (χ2n) is 10.8. The predicted octanol–water partition coefficient (Wildman–Crippen LogP) is 4.01. The van der Waals surface area contributed by atoms with Crippen LogP contribution in [0.4, 0.5) is 22.1 Å². The minimum atomic E-state index is -0.609. The highest BCUT2D eigenvalue weighted by atomic mass is 16.7. The minimum Gasteiger partial charge on any atom is -0.491 e. The van der Waals surface area contributed by atoms with Crippen LogP contribution >= 0.6 is 0 Å². The van der Waals surface area contributed by atoms with Gasteiger partial charge in [-0.1, -0.05) is 12.8 Å². The average Bonchev–Trinajstić information content (AvgIpc) is 3.52. The lowest BCUT2D eigenvalue weighted by Crippen LogP contribution is -2.48. The minimum absolute atomic E-state index is 0.0147. The zero-order chi connectivity index (χ0) is 25.6. The number of fused-ring (bicyclic) bond motifs is 4. The third-order valence-electron chi connectivity index (χ3n) is 7.40. The Labute approximate surface area is 216 Å². The van der Waals surface area contributed by atoms with Gasteiger partial charge in [-0.25, -0.2) is 14.8 Å². The molecule has 3 aliphatic heterocycles. The van der Waals surface area contributed by atoms with Crippen LogP contribution in [0.15, 0.2) is 30.5 Å². The number of hydrogen-bond donors (Lipinski definition) is 1. The molecule has 0 unspecified atom stereocenters. The van der Waals surface area contributed by atoms with Crippen molar-refractivity contribution in [3.63, 3.8) is 0 Å². The van der Waals surface area contributed by atoms with E-state index in [0.29, 0.717) is 48.6 Å². The number of anilines is 3. The van der Waals surface area contributed by atoms with Crippen LogP contribution in [0.25, 0.3) is 0 Å². The second-order valence-corrected chi connectivity index (χ2v) is 10.8. The molecule has 0 aromatic carbocycles. The largest absolute Gasteiger partial charge is 0.491 e. The molecule has 2 aromatic rings. The summed E-state index contributed by atoms with van der Waals surface area (Å²) < 4.78 is 17.2. The Morgan fingerprint density at radius 1 is 1.22 bits per heavy atom. The van der Waals surface area contributed by atoms with Gasteiger partial charge in [0.25, 0.3) is 0 Å². The van der Waals surface area contributed by atoms with Gasteiger partial charge in [-0.15, -0.1) is 0 Å². The monoisotopic (exact) mass is 507 g/mol. The standard InChI is InChI=1S/C27H33N5O5/c1-27(2)36-16-20(37-27)15-35-19-9-11-28-24(13-19)30-26(34)32-18-10-12-31(14-18)22-7-6-21(29-25(22)32)23(33)8-5-17-3-4-17/h6-7,9,11,13,17-18,20H,3-5,8,10,12,14-16H2,1-2H3,(H,28,30,34)/t18-,20-/m0/s1. The van der Waals surface area contributed by atoms with Gasteiger partial charge in [0.1, 0.15) is 30.0 Å². The van der Waals surface area contributed by atoms with Gasteiger partial charge in [0.15, 0.2) is 17.4 Å². The van der Waals surface area contributed by atoms with Crippen molar-refractivity contribution in [2.24, 2.45) is 5.92 Å². The molecule has 4 aliphatic rings. The van der Waals surface area contributed by atoms with Gasteiger partial charge in [0.2, 0.25) is 0 Å². The number of pyridine rings is 2. The Hall–Kier alpha value is -3.24. The van der Waals surface area contributed by atoms with Crippen molar-refractivity contribution in [2.75, 3.05) is 41.4 Å². The highest BCUT2D eigenvalue weighted by Gasteiger charge is 2.41. The van der Waals surface area contributed by atoms with E-state index < -0.39 is 5.79 Å². The van der Waals surface area contributed by atoms with Crippen molar-refractivity contribution in [1.29, 1.82) is 0 Å². The summed E-state index contributed by atoms with van der Waals surface area (Å²) in [6.07, 6.45) is 6.12. The van der Waals surface area contributed by atoms with E-state index in [1.54, 1.807) is 29.3 Å². The molecular formula is C27H33N5O5. The molecule has 0 radical (unpaired) electrons. The van der Waals surface area contributed by atoms with Crippen molar-refractivity contribution in [3.05, 3.63) is 36.2 Å². The molecule has 1 saturated carbocycles. The number of rotatable bonds is 8. The highest BCUT2D eigenvalue weighted by molar-refractivity contribution is 6.05. The molecule has 5 heterocycles. The van der Waals surface area contributed by atoms with E-state index in [-0.39, 0.29) is 24.0 Å². The molecule has 196 valence electrons. The van der Waals surface area contributed by atoms with Crippen LogP contribution in [0.3, 0.4) is 0 Å². The van der Waals surface area contributed by atoms with Crippen LogP contribution in [-0.4, -0.2) is 66.0 Å². The molecule has 2 atom stereocenters. The number of amides is 2. The van der Waals surface area contributed by atoms with E-state index in [9.17, 15) is 9.59 Å². The summed E-state index contributed by atoms with van der Waals surface area (Å²) in [5.41, 5.74) is 1.31. The molecule has 10 nitrogen and oxygen atoms in total. The molecular weight excluding hydrogens is 474 g/mol. The number of nitrogens with zero attached hydrogens (tertiary/aromatic N) is 4. The highest BCUT2D eigenvalue weighted by Crippen LogP contribution is 2.40. The lowest BCUT2D eigenvalue weighted by atomic mass is 10.1. The quantitative estimate of drug-likeness (QED) is 0.535. The fourth-order valence-corrected chi connectivity index (χ4v) is 5.27. The van der Waals surface area contributed by atoms with E-state index in [2.05, 4.69) is 15.2 Å². The Morgan fingerprint density at radius 2 is 2.08 bits per heavy atom. The fourth-order valence-electron chi connectivity index (χ4n) is 5.27. The second kappa shape index (κ2) is 9.57. The van der Waals surface area contributed by atoms with Crippen molar-refractivity contribution in [2.45, 2.75) is 63.9 Å². The van der Waals surface area contributed by atoms with Gasteiger partial charge in [-0.3, -0.25) is 15.0 Å². The number of aromatic nitrogens is 2. The van der Waals surface area contributed by atoms with E-state index in [0.717, 1.165) is 31.6 Å². The molecule has 2 aromatic heterocycles. The summed E-state index contributed by atoms with van der Waals surface area (Å²) in [7, 11) is 0. The maximum atomic E-state index is 13.5. The maximum Gasteiger partial charge on any atom is 0.329 e. The number of carbonyl (C=O) groups excluding carboxylic acids is 2. The van der Waals surface area contributed by atoms with Gasteiger partial charge < -0.3 is 19.1 Å². The van der Waals surface area contributed by atoms with Gasteiger partial charge in [-0.05, 0) is 50.8 Å². The van der Waals surface area contributed by atoms with Crippen LogP contribution in [0.1, 0.15) is 56.4 Å². The third-order valence-corrected chi connectivity index (χ3v) is 7.40. The first kappa shape index (κ1) is 24.1. The Balaban J connectivity index is 1.16. The topological polar surface area (TPSA) is 106 Å². The molecule has 2 saturated heterocycles. The molecule has 0 spiro atoms. The van der Waals surface area contributed by atoms with E-state index >= 15 is 0 Å². The molecule has 10 heteroatoms. The van der Waals surface area contributed by atoms with Gasteiger partial charge in [-0.2, -0.15) is 0 Å². The van der Waals surface area contributed by atoms with Gasteiger partial charge in [0.05, 0.1) is 18.3 Å². The van der Waals surface area contributed by atoms with Crippen LogP contribution in [0.5, 0.6) is 5.75 Å². The van der Waals surface area contributed by atoms with Crippen molar-refractivity contribution < 1.29 is 23.8 Å². The van der Waals surface area contributed by atoms with E-state index in [1.807, 2.05) is 19.9 Å². The fraction of sp³-hybridized carbons (Fsp3) is 0.556. The number of Topliss-reactive ketones (excluding diaryl/α,β-unsaturated/α-hetero) is 1. The van der Waals surface area contributed by atoms with Crippen molar-refractivity contribution in [3.8, 4) is 5.75 Å².